The van der Waals surface area contributed by atoms with Crippen molar-refractivity contribution in [2.24, 2.45) is 0 Å². The van der Waals surface area contributed by atoms with E-state index in [1.165, 1.54) is 12.4 Å². The molecule has 0 aliphatic carbocycles. The van der Waals surface area contributed by atoms with Crippen molar-refractivity contribution in [2.45, 2.75) is 18.6 Å². The standard InChI is InChI=1S/C12H16BrN3O3/c1-16-6-7(19-2)3-10(16)12(18)15-9-5-14-4-8(13)11(9)17/h4-5,7,10H,3,6H2,1-2H3,(H,14,17)(H,15,18)/t7-,10-/m0/s1. The zero-order valence-corrected chi connectivity index (χ0v) is 12.4. The zero-order chi connectivity index (χ0) is 14.0. The summed E-state index contributed by atoms with van der Waals surface area (Å²) in [6, 6.07) is -0.275. The Bertz CT molecular complexity index is 531. The SMILES string of the molecule is CO[C@H]1C[C@@H](C(=O)Nc2c[nH]cc(Br)c2=O)N(C)C1. The summed E-state index contributed by atoms with van der Waals surface area (Å²) in [4.78, 5) is 28.7. The van der Waals surface area contributed by atoms with Gasteiger partial charge in [-0.05, 0) is 29.4 Å². The number of aromatic amines is 1. The van der Waals surface area contributed by atoms with Crippen LogP contribution in [0.5, 0.6) is 0 Å². The summed E-state index contributed by atoms with van der Waals surface area (Å²) < 4.78 is 5.65. The van der Waals surface area contributed by atoms with Gasteiger partial charge in [0.05, 0.1) is 16.6 Å². The Balaban J connectivity index is 2.09. The second-order valence-electron chi connectivity index (χ2n) is 4.58. The van der Waals surface area contributed by atoms with Crippen molar-refractivity contribution in [2.75, 3.05) is 26.0 Å². The lowest BCUT2D eigenvalue weighted by atomic mass is 10.2. The molecule has 7 heteroatoms. The number of nitrogens with zero attached hydrogens (tertiary/aromatic N) is 1. The minimum Gasteiger partial charge on any atom is -0.380 e. The van der Waals surface area contributed by atoms with Gasteiger partial charge in [0.1, 0.15) is 5.69 Å². The van der Waals surface area contributed by atoms with E-state index >= 15 is 0 Å². The Hall–Kier alpha value is -1.18. The number of amides is 1. The van der Waals surface area contributed by atoms with Crippen LogP contribution in [0, 0.1) is 0 Å². The number of carbonyl (C=O) groups excluding carboxylic acids is 1. The number of H-pyrrole nitrogens is 1. The lowest BCUT2D eigenvalue weighted by Gasteiger charge is -2.17. The average Bonchev–Trinajstić information content (AvgIpc) is 2.76. The quantitative estimate of drug-likeness (QED) is 0.860. The van der Waals surface area contributed by atoms with E-state index in [0.717, 1.165) is 0 Å². The van der Waals surface area contributed by atoms with Crippen LogP contribution in [0.4, 0.5) is 5.69 Å². The van der Waals surface area contributed by atoms with Gasteiger partial charge >= 0.3 is 0 Å². The molecule has 1 fully saturated rings. The van der Waals surface area contributed by atoms with Crippen LogP contribution in [0.15, 0.2) is 21.7 Å². The number of ether oxygens (including phenoxy) is 1. The summed E-state index contributed by atoms with van der Waals surface area (Å²) in [5, 5.41) is 2.66. The molecule has 2 N–H and O–H groups in total. The lowest BCUT2D eigenvalue weighted by Crippen LogP contribution is -2.38. The Kier molecular flexibility index (Phi) is 4.38. The first kappa shape index (κ1) is 14.2. The highest BCUT2D eigenvalue weighted by molar-refractivity contribution is 9.10. The number of likely N-dealkylation sites (tertiary alicyclic amines) is 1. The van der Waals surface area contributed by atoms with Crippen molar-refractivity contribution < 1.29 is 9.53 Å². The Labute approximate surface area is 119 Å². The van der Waals surface area contributed by atoms with Gasteiger partial charge < -0.3 is 15.0 Å². The van der Waals surface area contributed by atoms with Crippen LogP contribution in [-0.4, -0.2) is 48.6 Å². The Morgan fingerprint density at radius 3 is 2.95 bits per heavy atom. The molecule has 1 aromatic rings. The van der Waals surface area contributed by atoms with Gasteiger partial charge in [0.15, 0.2) is 0 Å². The number of aromatic nitrogens is 1. The minimum atomic E-state index is -0.275. The van der Waals surface area contributed by atoms with Crippen molar-refractivity contribution >= 4 is 27.5 Å². The molecular formula is C12H16BrN3O3. The molecule has 19 heavy (non-hydrogen) atoms. The summed E-state index contributed by atoms with van der Waals surface area (Å²) in [6.45, 7) is 0.712. The maximum absolute atomic E-state index is 12.2. The number of hydrogen-bond donors (Lipinski definition) is 2. The number of nitrogens with one attached hydrogen (secondary N) is 2. The van der Waals surface area contributed by atoms with Crippen LogP contribution in [0.25, 0.3) is 0 Å². The van der Waals surface area contributed by atoms with Crippen LogP contribution < -0.4 is 10.7 Å². The molecule has 1 saturated heterocycles. The van der Waals surface area contributed by atoms with E-state index in [1.807, 2.05) is 11.9 Å². The summed E-state index contributed by atoms with van der Waals surface area (Å²) in [7, 11) is 3.51. The topological polar surface area (TPSA) is 74.4 Å². The summed E-state index contributed by atoms with van der Waals surface area (Å²) in [5.41, 5.74) is 0.00434. The number of likely N-dealkylation sites (N-methyl/N-ethyl adjacent to an activating group) is 1. The molecule has 1 amide bonds. The monoisotopic (exact) mass is 329 g/mol. The van der Waals surface area contributed by atoms with Crippen molar-refractivity contribution in [1.82, 2.24) is 9.88 Å². The van der Waals surface area contributed by atoms with Crippen molar-refractivity contribution in [3.63, 3.8) is 0 Å². The number of halogens is 1. The maximum Gasteiger partial charge on any atom is 0.241 e. The number of rotatable bonds is 3. The van der Waals surface area contributed by atoms with Gasteiger partial charge in [-0.1, -0.05) is 0 Å². The fourth-order valence-corrected chi connectivity index (χ4v) is 2.54. The number of pyridine rings is 1. The highest BCUT2D eigenvalue weighted by Gasteiger charge is 2.34. The first-order valence-electron chi connectivity index (χ1n) is 5.93. The van der Waals surface area contributed by atoms with Crippen LogP contribution >= 0.6 is 15.9 Å². The predicted molar refractivity (Wildman–Crippen MR) is 75.2 cm³/mol. The van der Waals surface area contributed by atoms with E-state index in [2.05, 4.69) is 26.2 Å². The molecule has 1 aromatic heterocycles. The second-order valence-corrected chi connectivity index (χ2v) is 5.44. The molecule has 2 heterocycles. The molecule has 0 bridgehead atoms. The van der Waals surface area contributed by atoms with Gasteiger partial charge in [-0.2, -0.15) is 0 Å². The normalized spacial score (nSPS) is 23.5. The Morgan fingerprint density at radius 1 is 1.58 bits per heavy atom. The predicted octanol–water partition coefficient (Wildman–Crippen LogP) is 0.795. The fraction of sp³-hybridized carbons (Fsp3) is 0.500. The third kappa shape index (κ3) is 3.05. The van der Waals surface area contributed by atoms with Crippen LogP contribution in [-0.2, 0) is 9.53 Å². The fourth-order valence-electron chi connectivity index (χ4n) is 2.20. The van der Waals surface area contributed by atoms with Crippen LogP contribution in [0.1, 0.15) is 6.42 Å². The summed E-state index contributed by atoms with van der Waals surface area (Å²) >= 11 is 3.13. The number of carbonyl (C=O) groups is 1. The van der Waals surface area contributed by atoms with Gasteiger partial charge in [-0.25, -0.2) is 0 Å². The number of hydrogen-bond acceptors (Lipinski definition) is 4. The molecule has 0 unspecified atom stereocenters. The zero-order valence-electron chi connectivity index (χ0n) is 10.8. The van der Waals surface area contributed by atoms with Gasteiger partial charge in [0, 0.05) is 26.0 Å². The van der Waals surface area contributed by atoms with Gasteiger partial charge in [-0.3, -0.25) is 14.5 Å². The lowest BCUT2D eigenvalue weighted by molar-refractivity contribution is -0.120. The van der Waals surface area contributed by atoms with Gasteiger partial charge in [0.2, 0.25) is 11.3 Å². The first-order valence-corrected chi connectivity index (χ1v) is 6.72. The van der Waals surface area contributed by atoms with Crippen molar-refractivity contribution in [3.8, 4) is 0 Å². The van der Waals surface area contributed by atoms with Gasteiger partial charge in [-0.15, -0.1) is 0 Å². The largest absolute Gasteiger partial charge is 0.380 e. The molecular weight excluding hydrogens is 314 g/mol. The summed E-state index contributed by atoms with van der Waals surface area (Å²) in [5.74, 6) is -0.189. The number of methoxy groups -OCH3 is 1. The third-order valence-electron chi connectivity index (χ3n) is 3.30. The summed E-state index contributed by atoms with van der Waals surface area (Å²) in [6.07, 6.45) is 3.70. The van der Waals surface area contributed by atoms with E-state index in [4.69, 9.17) is 4.74 Å². The van der Waals surface area contributed by atoms with E-state index in [0.29, 0.717) is 17.4 Å². The highest BCUT2D eigenvalue weighted by atomic mass is 79.9. The van der Waals surface area contributed by atoms with Crippen LogP contribution in [0.2, 0.25) is 0 Å². The molecule has 6 nitrogen and oxygen atoms in total. The van der Waals surface area contributed by atoms with E-state index in [9.17, 15) is 9.59 Å². The molecule has 2 atom stereocenters. The van der Waals surface area contributed by atoms with E-state index in [-0.39, 0.29) is 29.2 Å². The minimum absolute atomic E-state index is 0.0570. The smallest absolute Gasteiger partial charge is 0.241 e. The highest BCUT2D eigenvalue weighted by Crippen LogP contribution is 2.19. The van der Waals surface area contributed by atoms with E-state index in [1.54, 1.807) is 7.11 Å². The maximum atomic E-state index is 12.2. The average molecular weight is 330 g/mol. The first-order chi connectivity index (χ1) is 9.02. The Morgan fingerprint density at radius 2 is 2.32 bits per heavy atom. The van der Waals surface area contributed by atoms with Crippen LogP contribution in [0.3, 0.4) is 0 Å². The molecule has 1 aliphatic rings. The molecule has 0 saturated carbocycles. The van der Waals surface area contributed by atoms with Gasteiger partial charge in [0.25, 0.3) is 0 Å². The molecule has 1 aliphatic heterocycles. The molecule has 2 rings (SSSR count). The third-order valence-corrected chi connectivity index (χ3v) is 3.89. The van der Waals surface area contributed by atoms with E-state index < -0.39 is 0 Å². The van der Waals surface area contributed by atoms with Crippen molar-refractivity contribution in [3.05, 3.63) is 27.1 Å². The number of anilines is 1. The molecule has 0 radical (unpaired) electrons. The molecule has 0 spiro atoms. The molecule has 104 valence electrons. The second kappa shape index (κ2) is 5.85. The van der Waals surface area contributed by atoms with Crippen molar-refractivity contribution in [1.29, 1.82) is 0 Å². The molecule has 0 aromatic carbocycles.